The SMILES string of the molecule is COc1cc(OC)nc(Oc2ccc3ccccc3c2/C=N/N(c2ccc(Cl)cc2)C(C)C)n1. The molecule has 0 saturated carbocycles. The molecule has 1 aromatic heterocycles. The predicted octanol–water partition coefficient (Wildman–Crippen LogP) is 6.34. The summed E-state index contributed by atoms with van der Waals surface area (Å²) in [5, 5.41) is 9.45. The van der Waals surface area contributed by atoms with Crippen LogP contribution in [0.15, 0.2) is 71.8 Å². The lowest BCUT2D eigenvalue weighted by molar-refractivity contribution is 0.348. The molecule has 1 heterocycles. The van der Waals surface area contributed by atoms with Gasteiger partial charge < -0.3 is 14.2 Å². The maximum atomic E-state index is 6.11. The third kappa shape index (κ3) is 5.21. The first-order valence-electron chi connectivity index (χ1n) is 10.7. The van der Waals surface area contributed by atoms with Crippen LogP contribution in [0.2, 0.25) is 5.02 Å². The molecule has 4 rings (SSSR count). The molecule has 34 heavy (non-hydrogen) atoms. The Balaban J connectivity index is 1.78. The normalized spacial score (nSPS) is 11.2. The Hall–Kier alpha value is -3.84. The van der Waals surface area contributed by atoms with Crippen LogP contribution in [0.1, 0.15) is 19.4 Å². The summed E-state index contributed by atoms with van der Waals surface area (Å²) in [5.74, 6) is 1.23. The van der Waals surface area contributed by atoms with Crippen LogP contribution in [0, 0.1) is 0 Å². The fourth-order valence-corrected chi connectivity index (χ4v) is 3.57. The number of hydrazone groups is 1. The lowest BCUT2D eigenvalue weighted by atomic mass is 10.0. The maximum absolute atomic E-state index is 6.11. The van der Waals surface area contributed by atoms with E-state index in [0.717, 1.165) is 22.0 Å². The fourth-order valence-electron chi connectivity index (χ4n) is 3.45. The minimum atomic E-state index is 0.111. The number of aromatic nitrogens is 2. The smallest absolute Gasteiger partial charge is 0.328 e. The number of rotatable bonds is 8. The molecule has 0 atom stereocenters. The Morgan fingerprint density at radius 3 is 2.24 bits per heavy atom. The molecule has 0 amide bonds. The largest absolute Gasteiger partial charge is 0.481 e. The van der Waals surface area contributed by atoms with Crippen LogP contribution in [-0.4, -0.2) is 36.4 Å². The van der Waals surface area contributed by atoms with Crippen LogP contribution in [0.4, 0.5) is 5.69 Å². The van der Waals surface area contributed by atoms with E-state index in [0.29, 0.717) is 22.5 Å². The third-order valence-corrected chi connectivity index (χ3v) is 5.35. The Morgan fingerprint density at radius 2 is 1.59 bits per heavy atom. The molecule has 0 saturated heterocycles. The average Bonchev–Trinajstić information content (AvgIpc) is 2.85. The first-order valence-corrected chi connectivity index (χ1v) is 11.1. The van der Waals surface area contributed by atoms with E-state index in [1.54, 1.807) is 12.3 Å². The zero-order valence-corrected chi connectivity index (χ0v) is 20.2. The summed E-state index contributed by atoms with van der Waals surface area (Å²) in [7, 11) is 3.05. The van der Waals surface area contributed by atoms with Crippen molar-refractivity contribution in [1.82, 2.24) is 9.97 Å². The molecule has 0 fully saturated rings. The second-order valence-electron chi connectivity index (χ2n) is 7.70. The Labute approximate surface area is 203 Å². The number of nitrogens with zero attached hydrogens (tertiary/aromatic N) is 4. The minimum absolute atomic E-state index is 0.111. The average molecular weight is 477 g/mol. The molecule has 0 N–H and O–H groups in total. The molecule has 8 heteroatoms. The zero-order chi connectivity index (χ0) is 24.1. The van der Waals surface area contributed by atoms with E-state index in [-0.39, 0.29) is 12.1 Å². The first-order chi connectivity index (χ1) is 16.5. The second kappa shape index (κ2) is 10.4. The molecule has 0 unspecified atom stereocenters. The van der Waals surface area contributed by atoms with Gasteiger partial charge in [-0.3, -0.25) is 5.01 Å². The molecule has 4 aromatic rings. The van der Waals surface area contributed by atoms with Gasteiger partial charge in [-0.1, -0.05) is 41.9 Å². The van der Waals surface area contributed by atoms with E-state index < -0.39 is 0 Å². The van der Waals surface area contributed by atoms with Crippen molar-refractivity contribution in [3.05, 3.63) is 77.3 Å². The highest BCUT2D eigenvalue weighted by molar-refractivity contribution is 6.30. The van der Waals surface area contributed by atoms with E-state index in [1.165, 1.54) is 14.2 Å². The van der Waals surface area contributed by atoms with Gasteiger partial charge in [0, 0.05) is 16.6 Å². The van der Waals surface area contributed by atoms with Gasteiger partial charge >= 0.3 is 6.01 Å². The van der Waals surface area contributed by atoms with E-state index in [2.05, 4.69) is 23.8 Å². The molecule has 0 aliphatic carbocycles. The second-order valence-corrected chi connectivity index (χ2v) is 8.13. The van der Waals surface area contributed by atoms with Gasteiger partial charge in [-0.2, -0.15) is 15.1 Å². The molecule has 0 aliphatic rings. The van der Waals surface area contributed by atoms with Crippen molar-refractivity contribution in [2.75, 3.05) is 19.2 Å². The molecule has 0 bridgehead atoms. The van der Waals surface area contributed by atoms with Gasteiger partial charge in [-0.15, -0.1) is 0 Å². The number of anilines is 1. The van der Waals surface area contributed by atoms with Crippen molar-refractivity contribution in [2.24, 2.45) is 5.10 Å². The number of fused-ring (bicyclic) bond motifs is 1. The highest BCUT2D eigenvalue weighted by Gasteiger charge is 2.14. The third-order valence-electron chi connectivity index (χ3n) is 5.10. The standard InChI is InChI=1S/C26H25ClN4O3/c1-17(2)31(20-12-10-19(27)11-13-20)28-16-22-21-8-6-5-7-18(21)9-14-23(22)34-26-29-24(32-3)15-25(30-26)33-4/h5-17H,1-4H3/b28-16+. The number of hydrogen-bond donors (Lipinski definition) is 0. The zero-order valence-electron chi connectivity index (χ0n) is 19.4. The maximum Gasteiger partial charge on any atom is 0.328 e. The Kier molecular flexibility index (Phi) is 7.13. The summed E-state index contributed by atoms with van der Waals surface area (Å²) in [6, 6.07) is 21.3. The minimum Gasteiger partial charge on any atom is -0.481 e. The molecular weight excluding hydrogens is 452 g/mol. The monoisotopic (exact) mass is 476 g/mol. The van der Waals surface area contributed by atoms with Gasteiger partial charge in [0.25, 0.3) is 0 Å². The van der Waals surface area contributed by atoms with Gasteiger partial charge in [-0.25, -0.2) is 0 Å². The Morgan fingerprint density at radius 1 is 0.912 bits per heavy atom. The van der Waals surface area contributed by atoms with Crippen molar-refractivity contribution < 1.29 is 14.2 Å². The van der Waals surface area contributed by atoms with Crippen molar-refractivity contribution in [3.8, 4) is 23.5 Å². The fraction of sp³-hybridized carbons (Fsp3) is 0.192. The van der Waals surface area contributed by atoms with Gasteiger partial charge in [0.2, 0.25) is 11.8 Å². The summed E-state index contributed by atoms with van der Waals surface area (Å²) >= 11 is 6.07. The number of ether oxygens (including phenoxy) is 3. The van der Waals surface area contributed by atoms with E-state index in [9.17, 15) is 0 Å². The van der Waals surface area contributed by atoms with E-state index >= 15 is 0 Å². The number of methoxy groups -OCH3 is 2. The van der Waals surface area contributed by atoms with Gasteiger partial charge in [0.15, 0.2) is 0 Å². The van der Waals surface area contributed by atoms with Crippen molar-refractivity contribution >= 4 is 34.3 Å². The van der Waals surface area contributed by atoms with Crippen molar-refractivity contribution in [3.63, 3.8) is 0 Å². The van der Waals surface area contributed by atoms with Crippen LogP contribution in [0.3, 0.4) is 0 Å². The number of benzene rings is 3. The lowest BCUT2D eigenvalue weighted by Gasteiger charge is -2.23. The van der Waals surface area contributed by atoms with Gasteiger partial charge in [0.05, 0.1) is 32.2 Å². The highest BCUT2D eigenvalue weighted by Crippen LogP contribution is 2.31. The van der Waals surface area contributed by atoms with Crippen molar-refractivity contribution in [1.29, 1.82) is 0 Å². The molecule has 7 nitrogen and oxygen atoms in total. The van der Waals surface area contributed by atoms with Crippen LogP contribution >= 0.6 is 11.6 Å². The van der Waals surface area contributed by atoms with Crippen LogP contribution in [0.5, 0.6) is 23.5 Å². The molecular formula is C26H25ClN4O3. The summed E-state index contributed by atoms with van der Waals surface area (Å²) in [6.07, 6.45) is 1.80. The van der Waals surface area contributed by atoms with E-state index in [1.807, 2.05) is 65.7 Å². The van der Waals surface area contributed by atoms with Gasteiger partial charge in [0.1, 0.15) is 5.75 Å². The Bertz CT molecular complexity index is 1290. The van der Waals surface area contributed by atoms with Crippen LogP contribution in [-0.2, 0) is 0 Å². The topological polar surface area (TPSA) is 69.1 Å². The summed E-state index contributed by atoms with van der Waals surface area (Å²) < 4.78 is 16.6. The predicted molar refractivity (Wildman–Crippen MR) is 136 cm³/mol. The summed E-state index contributed by atoms with van der Waals surface area (Å²) in [4.78, 5) is 8.59. The van der Waals surface area contributed by atoms with Crippen molar-refractivity contribution in [2.45, 2.75) is 19.9 Å². The van der Waals surface area contributed by atoms with Gasteiger partial charge in [-0.05, 0) is 55.0 Å². The molecule has 0 spiro atoms. The number of halogens is 1. The van der Waals surface area contributed by atoms with E-state index in [4.69, 9.17) is 30.9 Å². The quantitative estimate of drug-likeness (QED) is 0.218. The molecule has 0 aliphatic heterocycles. The number of hydrogen-bond acceptors (Lipinski definition) is 7. The summed E-state index contributed by atoms with van der Waals surface area (Å²) in [5.41, 5.74) is 1.72. The lowest BCUT2D eigenvalue weighted by Crippen LogP contribution is -2.25. The first kappa shape index (κ1) is 23.3. The van der Waals surface area contributed by atoms with Crippen LogP contribution < -0.4 is 19.2 Å². The summed E-state index contributed by atoms with van der Waals surface area (Å²) in [6.45, 7) is 4.14. The van der Waals surface area contributed by atoms with Crippen LogP contribution in [0.25, 0.3) is 10.8 Å². The molecule has 3 aromatic carbocycles. The molecule has 0 radical (unpaired) electrons. The highest BCUT2D eigenvalue weighted by atomic mass is 35.5. The molecule has 174 valence electrons.